The predicted octanol–water partition coefficient (Wildman–Crippen LogP) is -1.51. The van der Waals surface area contributed by atoms with Crippen molar-refractivity contribution in [1.82, 2.24) is 0 Å². The smallest absolute Gasteiger partial charge is 0.340 e. The lowest BCUT2D eigenvalue weighted by Crippen LogP contribution is -2.63. The molecular formula is C20H24O10. The minimum atomic E-state index is -1.89. The molecule has 164 valence electrons. The lowest BCUT2D eigenvalue weighted by Gasteiger charge is -2.47. The zero-order valence-electron chi connectivity index (χ0n) is 16.9. The number of hydrogen-bond acceptors (Lipinski definition) is 10. The van der Waals surface area contributed by atoms with E-state index in [9.17, 15) is 29.7 Å². The van der Waals surface area contributed by atoms with Crippen molar-refractivity contribution in [2.75, 3.05) is 0 Å². The van der Waals surface area contributed by atoms with Crippen LogP contribution in [0.2, 0.25) is 0 Å². The highest BCUT2D eigenvalue weighted by atomic mass is 16.7. The van der Waals surface area contributed by atoms with E-state index in [4.69, 9.17) is 18.9 Å². The molecule has 2 unspecified atom stereocenters. The molecule has 6 fully saturated rings. The second-order valence-electron chi connectivity index (χ2n) is 10.6. The maximum atomic E-state index is 13.3. The third kappa shape index (κ3) is 1.40. The molecule has 2 spiro atoms. The number of carbonyl (C=O) groups excluding carboxylic acids is 3. The van der Waals surface area contributed by atoms with Crippen molar-refractivity contribution >= 4 is 17.9 Å². The minimum Gasteiger partial charge on any atom is -0.459 e. The number of hydrogen-bond donors (Lipinski definition) is 3. The van der Waals surface area contributed by atoms with E-state index in [0.717, 1.165) is 0 Å². The normalized spacial score (nSPS) is 60.1. The number of rotatable bonds is 0. The maximum absolute atomic E-state index is 13.3. The Bertz CT molecular complexity index is 910. The van der Waals surface area contributed by atoms with Gasteiger partial charge in [0.25, 0.3) is 0 Å². The Morgan fingerprint density at radius 2 is 1.63 bits per heavy atom. The summed E-state index contributed by atoms with van der Waals surface area (Å²) in [6.45, 7) is 7.05. The summed E-state index contributed by atoms with van der Waals surface area (Å²) in [5.41, 5.74) is -5.96. The molecule has 4 saturated heterocycles. The number of carbonyl (C=O) groups is 3. The van der Waals surface area contributed by atoms with Crippen molar-refractivity contribution in [3.8, 4) is 0 Å². The van der Waals surface area contributed by atoms with Crippen LogP contribution in [0.5, 0.6) is 0 Å². The highest BCUT2D eigenvalue weighted by Crippen LogP contribution is 2.83. The van der Waals surface area contributed by atoms with Crippen LogP contribution in [0.3, 0.4) is 0 Å². The van der Waals surface area contributed by atoms with Crippen LogP contribution in [0.4, 0.5) is 0 Å². The van der Waals surface area contributed by atoms with Crippen molar-refractivity contribution in [3.05, 3.63) is 0 Å². The fourth-order valence-corrected chi connectivity index (χ4v) is 8.28. The number of aliphatic hydroxyl groups is 3. The standard InChI is InChI=1S/C20H24O10/c1-5-6-8(27-13(5)24)10(22)19-12-7(21)9(17(2,3)4)18(19)11(23)14(25)29-16(18)30-20(6,19)15(26)28-12/h5-12,16,21-23H,1-4H3/t5-,6-,7+,8+,9-,10-,11-,12+,16-,18?,19?,20+/m0/s1. The molecule has 30 heavy (non-hydrogen) atoms. The largest absolute Gasteiger partial charge is 0.459 e. The van der Waals surface area contributed by atoms with Gasteiger partial charge in [-0.1, -0.05) is 27.7 Å². The average Bonchev–Trinajstić information content (AvgIpc) is 3.34. The molecule has 0 amide bonds. The molecule has 0 aromatic carbocycles. The van der Waals surface area contributed by atoms with Crippen molar-refractivity contribution in [1.29, 1.82) is 0 Å². The van der Waals surface area contributed by atoms with E-state index >= 15 is 0 Å². The Hall–Kier alpha value is -1.75. The fraction of sp³-hybridized carbons (Fsp3) is 0.850. The topological polar surface area (TPSA) is 149 Å². The van der Waals surface area contributed by atoms with Gasteiger partial charge in [0, 0.05) is 5.92 Å². The molecule has 4 aliphatic heterocycles. The van der Waals surface area contributed by atoms with E-state index in [2.05, 4.69) is 0 Å². The second-order valence-corrected chi connectivity index (χ2v) is 10.6. The van der Waals surface area contributed by atoms with Crippen LogP contribution in [0.15, 0.2) is 0 Å². The van der Waals surface area contributed by atoms with E-state index < -0.39 is 94.3 Å². The molecule has 6 rings (SSSR count). The van der Waals surface area contributed by atoms with Crippen LogP contribution in [0.1, 0.15) is 27.7 Å². The molecular weight excluding hydrogens is 400 g/mol. The van der Waals surface area contributed by atoms with Crippen molar-refractivity contribution in [3.63, 3.8) is 0 Å². The van der Waals surface area contributed by atoms with Gasteiger partial charge in [-0.2, -0.15) is 0 Å². The Morgan fingerprint density at radius 1 is 0.967 bits per heavy atom. The van der Waals surface area contributed by atoms with Crippen molar-refractivity contribution in [2.24, 2.45) is 34.0 Å². The number of fused-ring (bicyclic) bond motifs is 1. The molecule has 2 saturated carbocycles. The Labute approximate surface area is 171 Å². The summed E-state index contributed by atoms with van der Waals surface area (Å²) in [5.74, 6) is -4.90. The summed E-state index contributed by atoms with van der Waals surface area (Å²) in [5, 5.41) is 34.2. The molecule has 10 nitrogen and oxygen atoms in total. The first-order valence-electron chi connectivity index (χ1n) is 10.2. The second kappa shape index (κ2) is 4.85. The quantitative estimate of drug-likeness (QED) is 0.309. The zero-order valence-corrected chi connectivity index (χ0v) is 16.9. The number of ether oxygens (including phenoxy) is 4. The highest BCUT2D eigenvalue weighted by Gasteiger charge is 3.01. The van der Waals surface area contributed by atoms with Gasteiger partial charge in [-0.25, -0.2) is 9.59 Å². The van der Waals surface area contributed by atoms with E-state index in [0.29, 0.717) is 0 Å². The van der Waals surface area contributed by atoms with Crippen LogP contribution in [-0.4, -0.2) is 75.6 Å². The first kappa shape index (κ1) is 19.0. The fourth-order valence-electron chi connectivity index (χ4n) is 8.28. The lowest BCUT2D eigenvalue weighted by atomic mass is 9.51. The third-order valence-electron chi connectivity index (χ3n) is 8.76. The van der Waals surface area contributed by atoms with Crippen molar-refractivity contribution in [2.45, 2.75) is 70.1 Å². The Kier molecular flexibility index (Phi) is 3.06. The molecule has 4 heterocycles. The average molecular weight is 424 g/mol. The molecule has 10 heteroatoms. The Balaban J connectivity index is 1.71. The maximum Gasteiger partial charge on any atom is 0.340 e. The molecule has 0 radical (unpaired) electrons. The monoisotopic (exact) mass is 424 g/mol. The van der Waals surface area contributed by atoms with Gasteiger partial charge in [0.1, 0.15) is 18.3 Å². The molecule has 6 aliphatic rings. The van der Waals surface area contributed by atoms with Crippen LogP contribution in [0, 0.1) is 34.0 Å². The van der Waals surface area contributed by atoms with E-state index in [1.165, 1.54) is 0 Å². The van der Waals surface area contributed by atoms with Crippen LogP contribution in [0.25, 0.3) is 0 Å². The van der Waals surface area contributed by atoms with Gasteiger partial charge < -0.3 is 34.3 Å². The molecule has 0 bridgehead atoms. The van der Waals surface area contributed by atoms with Gasteiger partial charge in [-0.05, 0) is 5.41 Å². The number of esters is 3. The third-order valence-corrected chi connectivity index (χ3v) is 8.76. The minimum absolute atomic E-state index is 0.581. The molecule has 3 N–H and O–H groups in total. The van der Waals surface area contributed by atoms with Crippen LogP contribution in [-0.2, 0) is 33.3 Å². The van der Waals surface area contributed by atoms with Crippen LogP contribution < -0.4 is 0 Å². The zero-order chi connectivity index (χ0) is 21.8. The summed E-state index contributed by atoms with van der Waals surface area (Å²) < 4.78 is 22.7. The van der Waals surface area contributed by atoms with Gasteiger partial charge in [0.2, 0.25) is 6.29 Å². The SMILES string of the molecule is C[C@@H]1C(=O)O[C@@H]2[C@H]1[C@@]13O[C@@H]4OC(=O)[C@H](O)C45[C@H](C(C)(C)C)[C@@H](O)[C@@H](OC1=O)C53[C@H]2O. The summed E-state index contributed by atoms with van der Waals surface area (Å²) in [7, 11) is 0. The Morgan fingerprint density at radius 3 is 2.27 bits per heavy atom. The molecule has 2 aliphatic carbocycles. The van der Waals surface area contributed by atoms with Gasteiger partial charge in [-0.15, -0.1) is 0 Å². The highest BCUT2D eigenvalue weighted by molar-refractivity contribution is 5.92. The van der Waals surface area contributed by atoms with Gasteiger partial charge in [0.15, 0.2) is 11.7 Å². The van der Waals surface area contributed by atoms with Gasteiger partial charge in [0.05, 0.1) is 28.8 Å². The van der Waals surface area contributed by atoms with Gasteiger partial charge >= 0.3 is 17.9 Å². The van der Waals surface area contributed by atoms with Crippen molar-refractivity contribution < 1.29 is 48.7 Å². The molecule has 0 aromatic rings. The first-order chi connectivity index (χ1) is 13.9. The summed E-state index contributed by atoms with van der Waals surface area (Å²) in [6.07, 6.45) is -8.29. The molecule has 0 aromatic heterocycles. The first-order valence-corrected chi connectivity index (χ1v) is 10.2. The lowest BCUT2D eigenvalue weighted by molar-refractivity contribution is -0.208. The number of aliphatic hydroxyl groups excluding tert-OH is 3. The molecule has 12 atom stereocenters. The van der Waals surface area contributed by atoms with E-state index in [-0.39, 0.29) is 0 Å². The summed E-state index contributed by atoms with van der Waals surface area (Å²) >= 11 is 0. The summed E-state index contributed by atoms with van der Waals surface area (Å²) in [4.78, 5) is 38.2. The predicted molar refractivity (Wildman–Crippen MR) is 91.9 cm³/mol. The van der Waals surface area contributed by atoms with Gasteiger partial charge in [-0.3, -0.25) is 4.79 Å². The van der Waals surface area contributed by atoms with Crippen LogP contribution >= 0.6 is 0 Å². The summed E-state index contributed by atoms with van der Waals surface area (Å²) in [6, 6.07) is 0. The van der Waals surface area contributed by atoms with E-state index in [1.807, 2.05) is 20.8 Å². The van der Waals surface area contributed by atoms with E-state index in [1.54, 1.807) is 6.92 Å².